The van der Waals surface area contributed by atoms with E-state index in [1.54, 1.807) is 0 Å². The molecule has 0 aromatic rings. The number of methoxy groups -OCH3 is 2. The van der Waals surface area contributed by atoms with Crippen molar-refractivity contribution in [1.29, 1.82) is 0 Å². The Morgan fingerprint density at radius 1 is 1.27 bits per heavy atom. The number of ether oxygens (including phenoxy) is 2. The first-order chi connectivity index (χ1) is 5.20. The van der Waals surface area contributed by atoms with Crippen LogP contribution in [0.25, 0.3) is 0 Å². The predicted octanol–water partition coefficient (Wildman–Crippen LogP) is -0.980. The van der Waals surface area contributed by atoms with Crippen LogP contribution in [0.4, 0.5) is 4.79 Å². The first kappa shape index (κ1) is 9.70. The topological polar surface area (TPSA) is 76.7 Å². The maximum atomic E-state index is 10.6. The number of carbonyl (C=O) groups is 2. The number of nitrogens with one attached hydrogen (secondary N) is 2. The SMILES string of the molecule is COCC(=O)NNC(=O)OC. The second kappa shape index (κ2) is 5.48. The van der Waals surface area contributed by atoms with Crippen molar-refractivity contribution >= 4 is 12.0 Å². The summed E-state index contributed by atoms with van der Waals surface area (Å²) in [6.45, 7) is -0.107. The van der Waals surface area contributed by atoms with E-state index < -0.39 is 12.0 Å². The number of hydrazine groups is 1. The van der Waals surface area contributed by atoms with Crippen LogP contribution in [-0.4, -0.2) is 32.8 Å². The summed E-state index contributed by atoms with van der Waals surface area (Å²) in [6.07, 6.45) is -0.727. The summed E-state index contributed by atoms with van der Waals surface area (Å²) < 4.78 is 8.64. The fourth-order valence-electron chi connectivity index (χ4n) is 0.339. The minimum atomic E-state index is -0.727. The van der Waals surface area contributed by atoms with Crippen LogP contribution in [0, 0.1) is 0 Å². The maximum Gasteiger partial charge on any atom is 0.425 e. The van der Waals surface area contributed by atoms with E-state index in [-0.39, 0.29) is 6.61 Å². The Morgan fingerprint density at radius 2 is 1.91 bits per heavy atom. The molecule has 11 heavy (non-hydrogen) atoms. The molecular formula is C5H10N2O4. The minimum Gasteiger partial charge on any atom is -0.452 e. The van der Waals surface area contributed by atoms with Gasteiger partial charge in [0.1, 0.15) is 6.61 Å². The van der Waals surface area contributed by atoms with E-state index in [1.165, 1.54) is 14.2 Å². The average molecular weight is 162 g/mol. The molecule has 0 saturated heterocycles. The molecule has 0 aliphatic heterocycles. The molecule has 0 radical (unpaired) electrons. The van der Waals surface area contributed by atoms with Crippen molar-refractivity contribution in [2.75, 3.05) is 20.8 Å². The summed E-state index contributed by atoms with van der Waals surface area (Å²) in [4.78, 5) is 20.9. The molecule has 0 aliphatic carbocycles. The van der Waals surface area contributed by atoms with Crippen molar-refractivity contribution in [1.82, 2.24) is 10.9 Å². The Morgan fingerprint density at radius 3 is 2.36 bits per heavy atom. The predicted molar refractivity (Wildman–Crippen MR) is 35.6 cm³/mol. The van der Waals surface area contributed by atoms with Gasteiger partial charge in [0.2, 0.25) is 0 Å². The summed E-state index contributed by atoms with van der Waals surface area (Å²) in [7, 11) is 2.57. The molecule has 0 aliphatic rings. The molecule has 0 atom stereocenters. The molecular weight excluding hydrogens is 152 g/mol. The normalized spacial score (nSPS) is 8.55. The molecule has 0 heterocycles. The Balaban J connectivity index is 3.38. The first-order valence-electron chi connectivity index (χ1n) is 2.82. The number of rotatable bonds is 2. The zero-order valence-corrected chi connectivity index (χ0v) is 6.34. The number of amides is 2. The third kappa shape index (κ3) is 5.16. The Kier molecular flexibility index (Phi) is 4.83. The van der Waals surface area contributed by atoms with Crippen molar-refractivity contribution < 1.29 is 19.1 Å². The minimum absolute atomic E-state index is 0.107. The molecule has 0 unspecified atom stereocenters. The molecule has 6 heteroatoms. The van der Waals surface area contributed by atoms with E-state index in [0.29, 0.717) is 0 Å². The van der Waals surface area contributed by atoms with E-state index in [9.17, 15) is 9.59 Å². The lowest BCUT2D eigenvalue weighted by molar-refractivity contribution is -0.125. The molecule has 0 rings (SSSR count). The third-order valence-electron chi connectivity index (χ3n) is 0.765. The molecule has 0 saturated carbocycles. The van der Waals surface area contributed by atoms with Gasteiger partial charge in [0.05, 0.1) is 7.11 Å². The van der Waals surface area contributed by atoms with Gasteiger partial charge in [-0.1, -0.05) is 0 Å². The van der Waals surface area contributed by atoms with Gasteiger partial charge < -0.3 is 9.47 Å². The van der Waals surface area contributed by atoms with Crippen molar-refractivity contribution in [3.8, 4) is 0 Å². The van der Waals surface area contributed by atoms with Gasteiger partial charge in [-0.3, -0.25) is 10.2 Å². The second-order valence-electron chi connectivity index (χ2n) is 1.60. The molecule has 0 aromatic carbocycles. The molecule has 0 bridgehead atoms. The fourth-order valence-corrected chi connectivity index (χ4v) is 0.339. The van der Waals surface area contributed by atoms with Gasteiger partial charge in [-0.05, 0) is 0 Å². The first-order valence-corrected chi connectivity index (χ1v) is 2.82. The lowest BCUT2D eigenvalue weighted by Gasteiger charge is -2.03. The van der Waals surface area contributed by atoms with Gasteiger partial charge in [0, 0.05) is 7.11 Å². The smallest absolute Gasteiger partial charge is 0.425 e. The standard InChI is InChI=1S/C5H10N2O4/c1-10-3-4(8)6-7-5(9)11-2/h3H2,1-2H3,(H,6,8)(H,7,9). The molecule has 0 spiro atoms. The molecule has 2 N–H and O–H groups in total. The lowest BCUT2D eigenvalue weighted by atomic mass is 10.7. The highest BCUT2D eigenvalue weighted by Gasteiger charge is 2.01. The highest BCUT2D eigenvalue weighted by molar-refractivity contribution is 5.79. The zero-order valence-electron chi connectivity index (χ0n) is 6.34. The third-order valence-corrected chi connectivity index (χ3v) is 0.765. The van der Waals surface area contributed by atoms with Gasteiger partial charge in [0.25, 0.3) is 5.91 Å². The van der Waals surface area contributed by atoms with E-state index in [2.05, 4.69) is 9.47 Å². The van der Waals surface area contributed by atoms with Crippen molar-refractivity contribution in [3.05, 3.63) is 0 Å². The van der Waals surface area contributed by atoms with E-state index in [4.69, 9.17) is 0 Å². The van der Waals surface area contributed by atoms with Gasteiger partial charge in [0.15, 0.2) is 0 Å². The molecule has 64 valence electrons. The van der Waals surface area contributed by atoms with Crippen molar-refractivity contribution in [3.63, 3.8) is 0 Å². The van der Waals surface area contributed by atoms with Crippen LogP contribution in [0.2, 0.25) is 0 Å². The van der Waals surface area contributed by atoms with Gasteiger partial charge >= 0.3 is 6.09 Å². The number of hydrogen-bond acceptors (Lipinski definition) is 4. The van der Waals surface area contributed by atoms with Crippen LogP contribution in [0.15, 0.2) is 0 Å². The summed E-state index contributed by atoms with van der Waals surface area (Å²) in [5.74, 6) is -0.446. The van der Waals surface area contributed by atoms with E-state index in [1.807, 2.05) is 10.9 Å². The fraction of sp³-hybridized carbons (Fsp3) is 0.600. The highest BCUT2D eigenvalue weighted by Crippen LogP contribution is 1.68. The Hall–Kier alpha value is -1.30. The van der Waals surface area contributed by atoms with Crippen LogP contribution in [0.5, 0.6) is 0 Å². The Bertz CT molecular complexity index is 147. The zero-order chi connectivity index (χ0) is 8.69. The molecule has 0 aromatic heterocycles. The molecule has 2 amide bonds. The average Bonchev–Trinajstić information content (AvgIpc) is 2.01. The van der Waals surface area contributed by atoms with Crippen LogP contribution < -0.4 is 10.9 Å². The summed E-state index contributed by atoms with van der Waals surface area (Å²) in [5.41, 5.74) is 4.02. The molecule has 6 nitrogen and oxygen atoms in total. The monoisotopic (exact) mass is 162 g/mol. The summed E-state index contributed by atoms with van der Waals surface area (Å²) in [5, 5.41) is 0. The van der Waals surface area contributed by atoms with Crippen LogP contribution >= 0.6 is 0 Å². The highest BCUT2D eigenvalue weighted by atomic mass is 16.5. The second-order valence-corrected chi connectivity index (χ2v) is 1.60. The van der Waals surface area contributed by atoms with E-state index in [0.717, 1.165) is 0 Å². The number of carbonyl (C=O) groups excluding carboxylic acids is 2. The summed E-state index contributed by atoms with van der Waals surface area (Å²) >= 11 is 0. The van der Waals surface area contributed by atoms with Gasteiger partial charge in [-0.15, -0.1) is 0 Å². The van der Waals surface area contributed by atoms with Crippen LogP contribution in [0.3, 0.4) is 0 Å². The largest absolute Gasteiger partial charge is 0.452 e. The van der Waals surface area contributed by atoms with Crippen LogP contribution in [0.1, 0.15) is 0 Å². The molecule has 0 fully saturated rings. The summed E-state index contributed by atoms with van der Waals surface area (Å²) in [6, 6.07) is 0. The van der Waals surface area contributed by atoms with Crippen LogP contribution in [-0.2, 0) is 14.3 Å². The van der Waals surface area contributed by atoms with Gasteiger partial charge in [-0.2, -0.15) is 0 Å². The lowest BCUT2D eigenvalue weighted by Crippen LogP contribution is -2.43. The van der Waals surface area contributed by atoms with E-state index >= 15 is 0 Å². The Labute approximate surface area is 63.8 Å². The van der Waals surface area contributed by atoms with Crippen molar-refractivity contribution in [2.24, 2.45) is 0 Å². The quantitative estimate of drug-likeness (QED) is 0.511. The van der Waals surface area contributed by atoms with Gasteiger partial charge in [-0.25, -0.2) is 10.2 Å². The van der Waals surface area contributed by atoms with Crippen molar-refractivity contribution in [2.45, 2.75) is 0 Å². The maximum absolute atomic E-state index is 10.6. The number of hydrogen-bond donors (Lipinski definition) is 2.